The van der Waals surface area contributed by atoms with E-state index in [1.54, 1.807) is 6.20 Å². The molecular formula is C14H20FN5. The molecule has 5 nitrogen and oxygen atoms in total. The molecule has 0 spiro atoms. The molecule has 0 unspecified atom stereocenters. The van der Waals surface area contributed by atoms with Crippen molar-refractivity contribution in [3.8, 4) is 0 Å². The van der Waals surface area contributed by atoms with Crippen molar-refractivity contribution in [3.05, 3.63) is 36.1 Å². The van der Waals surface area contributed by atoms with Crippen molar-refractivity contribution in [2.24, 2.45) is 0 Å². The topological polar surface area (TPSA) is 46.8 Å². The molecule has 0 saturated heterocycles. The van der Waals surface area contributed by atoms with E-state index >= 15 is 0 Å². The highest BCUT2D eigenvalue weighted by atomic mass is 19.1. The summed E-state index contributed by atoms with van der Waals surface area (Å²) in [5.74, 6) is 1.06. The molecule has 0 aliphatic heterocycles. The predicted octanol–water partition coefficient (Wildman–Crippen LogP) is 2.21. The van der Waals surface area contributed by atoms with Crippen molar-refractivity contribution in [2.45, 2.75) is 33.2 Å². The Bertz CT molecular complexity index is 566. The van der Waals surface area contributed by atoms with Gasteiger partial charge in [0.05, 0.1) is 5.69 Å². The maximum absolute atomic E-state index is 14.1. The van der Waals surface area contributed by atoms with Gasteiger partial charge in [-0.2, -0.15) is 0 Å². The molecule has 108 valence electrons. The van der Waals surface area contributed by atoms with Crippen LogP contribution >= 0.6 is 0 Å². The van der Waals surface area contributed by atoms with E-state index in [2.05, 4.69) is 19.5 Å². The summed E-state index contributed by atoms with van der Waals surface area (Å²) in [6.45, 7) is 5.45. The van der Waals surface area contributed by atoms with E-state index in [-0.39, 0.29) is 5.82 Å². The van der Waals surface area contributed by atoms with Gasteiger partial charge in [-0.15, -0.1) is 0 Å². The summed E-state index contributed by atoms with van der Waals surface area (Å²) < 4.78 is 16.2. The lowest BCUT2D eigenvalue weighted by molar-refractivity contribution is 0.577. The van der Waals surface area contributed by atoms with E-state index in [0.717, 1.165) is 25.3 Å². The summed E-state index contributed by atoms with van der Waals surface area (Å²) in [5, 5.41) is 0. The molecule has 0 N–H and O–H groups in total. The fourth-order valence-corrected chi connectivity index (χ4v) is 2.13. The van der Waals surface area contributed by atoms with Gasteiger partial charge in [0.25, 0.3) is 0 Å². The van der Waals surface area contributed by atoms with Crippen molar-refractivity contribution in [1.29, 1.82) is 0 Å². The zero-order chi connectivity index (χ0) is 14.5. The molecule has 0 bridgehead atoms. The van der Waals surface area contributed by atoms with Gasteiger partial charge in [-0.1, -0.05) is 6.92 Å². The lowest BCUT2D eigenvalue weighted by atomic mass is 10.3. The summed E-state index contributed by atoms with van der Waals surface area (Å²) in [4.78, 5) is 14.0. The Morgan fingerprint density at radius 3 is 2.75 bits per heavy atom. The van der Waals surface area contributed by atoms with Crippen LogP contribution in [-0.4, -0.2) is 33.1 Å². The summed E-state index contributed by atoms with van der Waals surface area (Å²) in [6, 6.07) is 0. The van der Waals surface area contributed by atoms with E-state index < -0.39 is 0 Å². The zero-order valence-corrected chi connectivity index (χ0v) is 12.2. The number of halogens is 1. The lowest BCUT2D eigenvalue weighted by Gasteiger charge is -2.19. The minimum absolute atomic E-state index is 0.309. The minimum Gasteiger partial charge on any atom is -0.357 e. The minimum atomic E-state index is -0.309. The van der Waals surface area contributed by atoms with Gasteiger partial charge in [0.15, 0.2) is 11.6 Å². The SMILES string of the molecule is CCc1ncnc(N(C)CCCn2ccnc2C)c1F. The molecule has 0 aliphatic rings. The number of aromatic nitrogens is 4. The van der Waals surface area contributed by atoms with Crippen molar-refractivity contribution in [2.75, 3.05) is 18.5 Å². The molecule has 0 saturated carbocycles. The van der Waals surface area contributed by atoms with Crippen molar-refractivity contribution in [3.63, 3.8) is 0 Å². The summed E-state index contributed by atoms with van der Waals surface area (Å²) in [5.41, 5.74) is 0.465. The van der Waals surface area contributed by atoms with E-state index in [9.17, 15) is 4.39 Å². The maximum atomic E-state index is 14.1. The Labute approximate surface area is 118 Å². The molecule has 0 fully saturated rings. The van der Waals surface area contributed by atoms with Crippen LogP contribution in [0.15, 0.2) is 18.7 Å². The van der Waals surface area contributed by atoms with Gasteiger partial charge < -0.3 is 9.47 Å². The van der Waals surface area contributed by atoms with E-state index in [1.807, 2.05) is 32.0 Å². The first-order chi connectivity index (χ1) is 9.63. The molecule has 2 aromatic heterocycles. The highest BCUT2D eigenvalue weighted by Gasteiger charge is 2.13. The Hall–Kier alpha value is -1.98. The molecule has 2 aromatic rings. The zero-order valence-electron chi connectivity index (χ0n) is 12.2. The van der Waals surface area contributed by atoms with Crippen LogP contribution in [0.4, 0.5) is 10.2 Å². The monoisotopic (exact) mass is 277 g/mol. The van der Waals surface area contributed by atoms with Gasteiger partial charge in [-0.25, -0.2) is 19.3 Å². The predicted molar refractivity (Wildman–Crippen MR) is 76.2 cm³/mol. The number of rotatable bonds is 6. The largest absolute Gasteiger partial charge is 0.357 e. The van der Waals surface area contributed by atoms with Crippen LogP contribution in [0.1, 0.15) is 24.9 Å². The fourth-order valence-electron chi connectivity index (χ4n) is 2.13. The smallest absolute Gasteiger partial charge is 0.187 e. The third-order valence-electron chi connectivity index (χ3n) is 3.36. The Morgan fingerprint density at radius 1 is 1.30 bits per heavy atom. The van der Waals surface area contributed by atoms with E-state index in [1.165, 1.54) is 6.33 Å². The fraction of sp³-hybridized carbons (Fsp3) is 0.500. The van der Waals surface area contributed by atoms with Gasteiger partial charge in [0.1, 0.15) is 12.2 Å². The molecule has 20 heavy (non-hydrogen) atoms. The molecule has 0 aliphatic carbocycles. The van der Waals surface area contributed by atoms with Crippen LogP contribution in [-0.2, 0) is 13.0 Å². The summed E-state index contributed by atoms with van der Waals surface area (Å²) >= 11 is 0. The number of imidazole rings is 1. The first-order valence-electron chi connectivity index (χ1n) is 6.81. The van der Waals surface area contributed by atoms with Gasteiger partial charge in [-0.3, -0.25) is 0 Å². The number of hydrogen-bond donors (Lipinski definition) is 0. The first-order valence-corrected chi connectivity index (χ1v) is 6.81. The highest BCUT2D eigenvalue weighted by molar-refractivity contribution is 5.39. The van der Waals surface area contributed by atoms with Gasteiger partial charge in [0, 0.05) is 32.5 Å². The first kappa shape index (κ1) is 14.4. The van der Waals surface area contributed by atoms with Crippen molar-refractivity contribution < 1.29 is 4.39 Å². The summed E-state index contributed by atoms with van der Waals surface area (Å²) in [7, 11) is 1.85. The Morgan fingerprint density at radius 2 is 2.10 bits per heavy atom. The van der Waals surface area contributed by atoms with Crippen LogP contribution < -0.4 is 4.90 Å². The van der Waals surface area contributed by atoms with Gasteiger partial charge >= 0.3 is 0 Å². The molecule has 2 rings (SSSR count). The maximum Gasteiger partial charge on any atom is 0.187 e. The number of hydrogen-bond acceptors (Lipinski definition) is 4. The summed E-state index contributed by atoms with van der Waals surface area (Å²) in [6.07, 6.45) is 6.64. The lowest BCUT2D eigenvalue weighted by Crippen LogP contribution is -2.23. The Balaban J connectivity index is 1.95. The standard InChI is InChI=1S/C14H20FN5/c1-4-12-13(15)14(18-10-17-12)19(3)7-5-8-20-9-6-16-11(20)2/h6,9-10H,4-5,7-8H2,1-3H3. The quantitative estimate of drug-likeness (QED) is 0.812. The second kappa shape index (κ2) is 6.45. The average molecular weight is 277 g/mol. The number of nitrogens with zero attached hydrogens (tertiary/aromatic N) is 5. The van der Waals surface area contributed by atoms with Crippen molar-refractivity contribution in [1.82, 2.24) is 19.5 Å². The van der Waals surface area contributed by atoms with Crippen LogP contribution in [0.3, 0.4) is 0 Å². The Kier molecular flexibility index (Phi) is 4.65. The second-order valence-electron chi connectivity index (χ2n) is 4.75. The van der Waals surface area contributed by atoms with Crippen LogP contribution in [0.2, 0.25) is 0 Å². The van der Waals surface area contributed by atoms with E-state index in [0.29, 0.717) is 17.9 Å². The molecule has 0 aromatic carbocycles. The average Bonchev–Trinajstić information content (AvgIpc) is 2.84. The second-order valence-corrected chi connectivity index (χ2v) is 4.75. The molecule has 0 amide bonds. The van der Waals surface area contributed by atoms with Crippen molar-refractivity contribution >= 4 is 5.82 Å². The van der Waals surface area contributed by atoms with Crippen LogP contribution in [0.5, 0.6) is 0 Å². The van der Waals surface area contributed by atoms with Crippen LogP contribution in [0, 0.1) is 12.7 Å². The molecular weight excluding hydrogens is 257 g/mol. The highest BCUT2D eigenvalue weighted by Crippen LogP contribution is 2.17. The normalized spacial score (nSPS) is 10.8. The molecule has 6 heteroatoms. The van der Waals surface area contributed by atoms with Gasteiger partial charge in [0.2, 0.25) is 0 Å². The van der Waals surface area contributed by atoms with Gasteiger partial charge in [-0.05, 0) is 19.8 Å². The van der Waals surface area contributed by atoms with Crippen LogP contribution in [0.25, 0.3) is 0 Å². The molecule has 0 atom stereocenters. The van der Waals surface area contributed by atoms with E-state index in [4.69, 9.17) is 0 Å². The number of anilines is 1. The molecule has 0 radical (unpaired) electrons. The number of aryl methyl sites for hydroxylation is 3. The third-order valence-corrected chi connectivity index (χ3v) is 3.36. The third kappa shape index (κ3) is 3.12. The molecule has 2 heterocycles.